The second-order valence-corrected chi connectivity index (χ2v) is 6.95. The van der Waals surface area contributed by atoms with Gasteiger partial charge in [0.25, 0.3) is 0 Å². The number of fused-ring (bicyclic) bond motifs is 1. The van der Waals surface area contributed by atoms with Gasteiger partial charge in [-0.3, -0.25) is 4.79 Å². The second-order valence-electron chi connectivity index (χ2n) is 6.95. The van der Waals surface area contributed by atoms with E-state index in [1.54, 1.807) is 4.68 Å². The molecule has 0 bridgehead atoms. The lowest BCUT2D eigenvalue weighted by atomic mass is 9.84. The van der Waals surface area contributed by atoms with Crippen LogP contribution in [0, 0.1) is 0 Å². The van der Waals surface area contributed by atoms with E-state index in [0.29, 0.717) is 5.92 Å². The SMILES string of the molecule is N[C@@H]1CCC[C@H](c2cn(C3CCc4ccccc4NC3=O)nn2)C1. The molecule has 1 unspecified atom stereocenters. The number of amides is 1. The van der Waals surface area contributed by atoms with Gasteiger partial charge >= 0.3 is 0 Å². The number of nitrogens with zero attached hydrogens (tertiary/aromatic N) is 3. The molecular weight excluding hydrogens is 302 g/mol. The monoisotopic (exact) mass is 325 g/mol. The summed E-state index contributed by atoms with van der Waals surface area (Å²) in [6.45, 7) is 0. The number of nitrogens with two attached hydrogens (primary N) is 1. The molecule has 1 amide bonds. The molecule has 1 fully saturated rings. The van der Waals surface area contributed by atoms with Gasteiger partial charge in [-0.25, -0.2) is 4.68 Å². The van der Waals surface area contributed by atoms with Crippen LogP contribution in [-0.2, 0) is 11.2 Å². The highest BCUT2D eigenvalue weighted by Gasteiger charge is 2.28. The van der Waals surface area contributed by atoms with Crippen LogP contribution in [0.5, 0.6) is 0 Å². The van der Waals surface area contributed by atoms with Crippen LogP contribution in [-0.4, -0.2) is 26.9 Å². The molecule has 1 aliphatic heterocycles. The van der Waals surface area contributed by atoms with E-state index in [1.807, 2.05) is 24.4 Å². The lowest BCUT2D eigenvalue weighted by molar-refractivity contribution is -0.119. The Morgan fingerprint density at radius 1 is 1.21 bits per heavy atom. The smallest absolute Gasteiger partial charge is 0.249 e. The van der Waals surface area contributed by atoms with Crippen molar-refractivity contribution in [2.45, 2.75) is 56.5 Å². The Bertz CT molecular complexity index is 741. The zero-order valence-corrected chi connectivity index (χ0v) is 13.7. The Balaban J connectivity index is 1.53. The summed E-state index contributed by atoms with van der Waals surface area (Å²) in [5.41, 5.74) is 9.14. The fourth-order valence-electron chi connectivity index (χ4n) is 3.88. The quantitative estimate of drug-likeness (QED) is 0.887. The van der Waals surface area contributed by atoms with Gasteiger partial charge in [0.2, 0.25) is 5.91 Å². The van der Waals surface area contributed by atoms with Crippen LogP contribution in [0.1, 0.15) is 55.3 Å². The number of carbonyl (C=O) groups excluding carboxylic acids is 1. The van der Waals surface area contributed by atoms with Crippen LogP contribution in [0.15, 0.2) is 30.5 Å². The molecule has 1 saturated carbocycles. The van der Waals surface area contributed by atoms with Gasteiger partial charge in [0, 0.05) is 23.8 Å². The molecule has 2 heterocycles. The van der Waals surface area contributed by atoms with E-state index >= 15 is 0 Å². The Morgan fingerprint density at radius 3 is 2.96 bits per heavy atom. The van der Waals surface area contributed by atoms with Gasteiger partial charge in [-0.1, -0.05) is 29.8 Å². The molecule has 2 aromatic rings. The molecule has 6 nitrogen and oxygen atoms in total. The van der Waals surface area contributed by atoms with Crippen LogP contribution >= 0.6 is 0 Å². The first-order valence-corrected chi connectivity index (χ1v) is 8.77. The third-order valence-electron chi connectivity index (χ3n) is 5.25. The molecule has 0 radical (unpaired) electrons. The number of aryl methyl sites for hydroxylation is 1. The molecule has 0 saturated heterocycles. The van der Waals surface area contributed by atoms with Gasteiger partial charge in [0.05, 0.1) is 5.69 Å². The van der Waals surface area contributed by atoms with E-state index in [2.05, 4.69) is 21.7 Å². The highest BCUT2D eigenvalue weighted by Crippen LogP contribution is 2.32. The van der Waals surface area contributed by atoms with Crippen LogP contribution < -0.4 is 11.1 Å². The second kappa shape index (κ2) is 6.36. The van der Waals surface area contributed by atoms with Crippen molar-refractivity contribution in [2.75, 3.05) is 5.32 Å². The summed E-state index contributed by atoms with van der Waals surface area (Å²) in [5.74, 6) is 0.352. The predicted molar refractivity (Wildman–Crippen MR) is 91.6 cm³/mol. The Hall–Kier alpha value is -2.21. The lowest BCUT2D eigenvalue weighted by Crippen LogP contribution is -2.27. The van der Waals surface area contributed by atoms with Gasteiger partial charge < -0.3 is 11.1 Å². The number of hydrogen-bond acceptors (Lipinski definition) is 4. The molecule has 24 heavy (non-hydrogen) atoms. The largest absolute Gasteiger partial charge is 0.328 e. The van der Waals surface area contributed by atoms with Crippen molar-refractivity contribution in [3.05, 3.63) is 41.7 Å². The van der Waals surface area contributed by atoms with Crippen molar-refractivity contribution < 1.29 is 4.79 Å². The summed E-state index contributed by atoms with van der Waals surface area (Å²) in [7, 11) is 0. The minimum atomic E-state index is -0.309. The average molecular weight is 325 g/mol. The van der Waals surface area contributed by atoms with E-state index in [-0.39, 0.29) is 18.0 Å². The number of aromatic nitrogens is 3. The number of benzene rings is 1. The first-order valence-electron chi connectivity index (χ1n) is 8.77. The van der Waals surface area contributed by atoms with Gasteiger partial charge in [-0.15, -0.1) is 5.10 Å². The van der Waals surface area contributed by atoms with Gasteiger partial charge in [-0.2, -0.15) is 0 Å². The number of hydrogen-bond donors (Lipinski definition) is 2. The van der Waals surface area contributed by atoms with Crippen molar-refractivity contribution >= 4 is 11.6 Å². The molecule has 3 N–H and O–H groups in total. The Kier molecular flexibility index (Phi) is 4.06. The summed E-state index contributed by atoms with van der Waals surface area (Å²) in [4.78, 5) is 12.6. The molecule has 3 atom stereocenters. The highest BCUT2D eigenvalue weighted by molar-refractivity contribution is 5.95. The van der Waals surface area contributed by atoms with E-state index in [0.717, 1.165) is 49.9 Å². The highest BCUT2D eigenvalue weighted by atomic mass is 16.2. The molecular formula is C18H23N5O. The van der Waals surface area contributed by atoms with E-state index < -0.39 is 0 Å². The fraction of sp³-hybridized carbons (Fsp3) is 0.500. The van der Waals surface area contributed by atoms with Crippen LogP contribution in [0.25, 0.3) is 0 Å². The van der Waals surface area contributed by atoms with Crippen molar-refractivity contribution in [3.8, 4) is 0 Å². The van der Waals surface area contributed by atoms with E-state index in [9.17, 15) is 4.79 Å². The molecule has 1 aromatic carbocycles. The zero-order chi connectivity index (χ0) is 16.5. The third-order valence-corrected chi connectivity index (χ3v) is 5.25. The molecule has 126 valence electrons. The number of anilines is 1. The van der Waals surface area contributed by atoms with Gasteiger partial charge in [0.15, 0.2) is 0 Å². The third kappa shape index (κ3) is 2.94. The minimum Gasteiger partial charge on any atom is -0.328 e. The molecule has 0 spiro atoms. The van der Waals surface area contributed by atoms with Crippen molar-refractivity contribution in [1.82, 2.24) is 15.0 Å². The molecule has 4 rings (SSSR count). The topological polar surface area (TPSA) is 85.8 Å². The molecule has 2 aliphatic rings. The number of nitrogens with one attached hydrogen (secondary N) is 1. The molecule has 6 heteroatoms. The maximum atomic E-state index is 12.6. The van der Waals surface area contributed by atoms with Gasteiger partial charge in [0.1, 0.15) is 6.04 Å². The fourth-order valence-corrected chi connectivity index (χ4v) is 3.88. The molecule has 1 aliphatic carbocycles. The first kappa shape index (κ1) is 15.3. The van der Waals surface area contributed by atoms with Crippen LogP contribution in [0.3, 0.4) is 0 Å². The first-order chi connectivity index (χ1) is 11.7. The van der Waals surface area contributed by atoms with Crippen molar-refractivity contribution in [3.63, 3.8) is 0 Å². The van der Waals surface area contributed by atoms with E-state index in [4.69, 9.17) is 5.73 Å². The zero-order valence-electron chi connectivity index (χ0n) is 13.7. The van der Waals surface area contributed by atoms with Crippen molar-refractivity contribution in [2.24, 2.45) is 5.73 Å². The van der Waals surface area contributed by atoms with Crippen LogP contribution in [0.4, 0.5) is 5.69 Å². The standard InChI is InChI=1S/C18H23N5O/c19-14-6-3-5-13(10-14)16-11-23(22-21-16)17-9-8-12-4-1-2-7-15(12)20-18(17)24/h1-2,4,7,11,13-14,17H,3,5-6,8-10,19H2,(H,20,24)/t13-,14+,17?/m0/s1. The maximum absolute atomic E-state index is 12.6. The number of carbonyl (C=O) groups is 1. The summed E-state index contributed by atoms with van der Waals surface area (Å²) in [6.07, 6.45) is 7.82. The summed E-state index contributed by atoms with van der Waals surface area (Å²) < 4.78 is 1.73. The molecule has 1 aromatic heterocycles. The van der Waals surface area contributed by atoms with Crippen molar-refractivity contribution in [1.29, 1.82) is 0 Å². The number of rotatable bonds is 2. The normalized spacial score (nSPS) is 27.2. The maximum Gasteiger partial charge on any atom is 0.249 e. The minimum absolute atomic E-state index is 0.0169. The Morgan fingerprint density at radius 2 is 2.08 bits per heavy atom. The van der Waals surface area contributed by atoms with Gasteiger partial charge in [-0.05, 0) is 43.7 Å². The van der Waals surface area contributed by atoms with E-state index in [1.165, 1.54) is 5.56 Å². The summed E-state index contributed by atoms with van der Waals surface area (Å²) in [6, 6.07) is 7.91. The summed E-state index contributed by atoms with van der Waals surface area (Å²) >= 11 is 0. The number of para-hydroxylation sites is 1. The Labute approximate surface area is 141 Å². The summed E-state index contributed by atoms with van der Waals surface area (Å²) in [5, 5.41) is 11.6. The lowest BCUT2D eigenvalue weighted by Gasteiger charge is -2.24. The van der Waals surface area contributed by atoms with Crippen LogP contribution in [0.2, 0.25) is 0 Å². The average Bonchev–Trinajstić information content (AvgIpc) is 3.00. The predicted octanol–water partition coefficient (Wildman–Crippen LogP) is 2.39.